The maximum absolute atomic E-state index is 2.38. The minimum Gasteiger partial charge on any atom is -0.0657 e. The zero-order valence-corrected chi connectivity index (χ0v) is 12.7. The summed E-state index contributed by atoms with van der Waals surface area (Å²) in [6, 6.07) is 6.33. The van der Waals surface area contributed by atoms with E-state index in [4.69, 9.17) is 0 Å². The summed E-state index contributed by atoms with van der Waals surface area (Å²) >= 11 is 0. The second kappa shape index (κ2) is 8.72. The molecule has 0 aromatic rings. The van der Waals surface area contributed by atoms with Crippen molar-refractivity contribution in [2.75, 3.05) is 0 Å². The van der Waals surface area contributed by atoms with Crippen LogP contribution in [0.5, 0.6) is 0 Å². The third-order valence-electron chi connectivity index (χ3n) is 2.94. The van der Waals surface area contributed by atoms with Gasteiger partial charge in [0.15, 0.2) is 0 Å². The molecule has 14 heavy (non-hydrogen) atoms. The van der Waals surface area contributed by atoms with Gasteiger partial charge >= 0.3 is 0 Å². The number of hydrogen-bond acceptors (Lipinski definition) is 0. The van der Waals surface area contributed by atoms with Crippen molar-refractivity contribution in [3.63, 3.8) is 0 Å². The Labute approximate surface area is 94.5 Å². The predicted molar refractivity (Wildman–Crippen MR) is 71.9 cm³/mol. The summed E-state index contributed by atoms with van der Waals surface area (Å²) in [6.07, 6.45) is 5.71. The Balaban J connectivity index is 4.21. The Morgan fingerprint density at radius 1 is 0.714 bits per heavy atom. The molecule has 0 atom stereocenters. The molecule has 0 aliphatic carbocycles. The molecule has 0 aliphatic rings. The van der Waals surface area contributed by atoms with Crippen molar-refractivity contribution in [2.24, 2.45) is 0 Å². The highest BCUT2D eigenvalue weighted by molar-refractivity contribution is 7.24. The molecule has 2 radical (unpaired) electrons. The van der Waals surface area contributed by atoms with Crippen LogP contribution < -0.4 is 0 Å². The number of rotatable bonds is 9. The van der Waals surface area contributed by atoms with Crippen LogP contribution in [-0.2, 0) is 0 Å². The van der Waals surface area contributed by atoms with Gasteiger partial charge in [0.2, 0.25) is 0 Å². The third-order valence-corrected chi connectivity index (χ3v) is 14.1. The minimum absolute atomic E-state index is 0.789. The summed E-state index contributed by atoms with van der Waals surface area (Å²) in [6.45, 7) is 9.48. The average molecular weight is 229 g/mol. The summed E-state index contributed by atoms with van der Waals surface area (Å²) in [4.78, 5) is 0. The summed E-state index contributed by atoms with van der Waals surface area (Å²) in [5.74, 6) is 0. The van der Waals surface area contributed by atoms with Gasteiger partial charge in [0.1, 0.15) is 0 Å². The molecule has 0 amide bonds. The maximum Gasteiger partial charge on any atom is 0.0418 e. The standard InChI is InChI=1S/C12H28Si2/c1-5-9-13-14(10-6-2,11-7-3)12-8-4/h5-12H2,1-4H3. The first kappa shape index (κ1) is 14.4. The van der Waals surface area contributed by atoms with E-state index in [0.717, 1.165) is 0 Å². The van der Waals surface area contributed by atoms with Gasteiger partial charge in [-0.1, -0.05) is 77.6 Å². The molecule has 0 nitrogen and oxygen atoms in total. The zero-order chi connectivity index (χ0) is 10.9. The maximum atomic E-state index is 2.38. The van der Waals surface area contributed by atoms with Crippen molar-refractivity contribution < 1.29 is 0 Å². The van der Waals surface area contributed by atoms with Crippen molar-refractivity contribution in [2.45, 2.75) is 77.6 Å². The molecule has 0 rings (SSSR count). The molecule has 0 saturated carbocycles. The van der Waals surface area contributed by atoms with Gasteiger partial charge in [0.25, 0.3) is 0 Å². The van der Waals surface area contributed by atoms with Crippen LogP contribution >= 0.6 is 0 Å². The molecular formula is C12H28Si2. The van der Waals surface area contributed by atoms with Gasteiger partial charge < -0.3 is 0 Å². The first-order chi connectivity index (χ1) is 6.74. The Kier molecular flexibility index (Phi) is 8.99. The quantitative estimate of drug-likeness (QED) is 0.502. The molecule has 0 N–H and O–H groups in total. The van der Waals surface area contributed by atoms with Crippen molar-refractivity contribution in [1.82, 2.24) is 0 Å². The van der Waals surface area contributed by atoms with Crippen LogP contribution in [0.1, 0.15) is 53.4 Å². The summed E-state index contributed by atoms with van der Waals surface area (Å²) in [5.41, 5.74) is 0. The van der Waals surface area contributed by atoms with Gasteiger partial charge in [0.05, 0.1) is 0 Å². The number of hydrogen-bond donors (Lipinski definition) is 0. The van der Waals surface area contributed by atoms with E-state index < -0.39 is 7.59 Å². The molecule has 0 spiro atoms. The second-order valence-corrected chi connectivity index (χ2v) is 13.6. The van der Waals surface area contributed by atoms with Crippen LogP contribution in [0.2, 0.25) is 24.2 Å². The van der Waals surface area contributed by atoms with E-state index in [1.165, 1.54) is 40.8 Å². The highest BCUT2D eigenvalue weighted by atomic mass is 29.2. The van der Waals surface area contributed by atoms with E-state index in [2.05, 4.69) is 27.7 Å². The lowest BCUT2D eigenvalue weighted by atomic mass is 10.6. The molecule has 0 saturated heterocycles. The SMILES string of the molecule is CCC[Si][Si](CCC)(CCC)CCC. The predicted octanol–water partition coefficient (Wildman–Crippen LogP) is 4.69. The van der Waals surface area contributed by atoms with Gasteiger partial charge in [-0.05, 0) is 0 Å². The van der Waals surface area contributed by atoms with Crippen LogP contribution in [0.15, 0.2) is 0 Å². The molecule has 2 heteroatoms. The lowest BCUT2D eigenvalue weighted by molar-refractivity contribution is 0.943. The second-order valence-electron chi connectivity index (χ2n) is 4.46. The molecular weight excluding hydrogens is 200 g/mol. The largest absolute Gasteiger partial charge is 0.0657 e. The van der Waals surface area contributed by atoms with E-state index in [9.17, 15) is 0 Å². The highest BCUT2D eigenvalue weighted by Gasteiger charge is 2.29. The molecule has 0 fully saturated rings. The Morgan fingerprint density at radius 2 is 1.14 bits per heavy atom. The Hall–Kier alpha value is 0.434. The fraction of sp³-hybridized carbons (Fsp3) is 1.00. The monoisotopic (exact) mass is 228 g/mol. The van der Waals surface area contributed by atoms with Crippen LogP contribution in [0.3, 0.4) is 0 Å². The van der Waals surface area contributed by atoms with Crippen molar-refractivity contribution in [1.29, 1.82) is 0 Å². The summed E-state index contributed by atoms with van der Waals surface area (Å²) in [5, 5.41) is 0. The third kappa shape index (κ3) is 5.35. The zero-order valence-electron chi connectivity index (χ0n) is 10.7. The molecule has 0 unspecified atom stereocenters. The Morgan fingerprint density at radius 3 is 1.43 bits per heavy atom. The van der Waals surface area contributed by atoms with E-state index in [-0.39, 0.29) is 0 Å². The topological polar surface area (TPSA) is 0 Å². The van der Waals surface area contributed by atoms with Crippen molar-refractivity contribution >= 4 is 16.6 Å². The van der Waals surface area contributed by atoms with Crippen LogP contribution in [0, 0.1) is 0 Å². The molecule has 84 valence electrons. The summed E-state index contributed by atoms with van der Waals surface area (Å²) in [7, 11) is 0.564. The van der Waals surface area contributed by atoms with Crippen molar-refractivity contribution in [3.05, 3.63) is 0 Å². The first-order valence-electron chi connectivity index (χ1n) is 6.49. The van der Waals surface area contributed by atoms with E-state index in [1.54, 1.807) is 18.1 Å². The van der Waals surface area contributed by atoms with E-state index >= 15 is 0 Å². The van der Waals surface area contributed by atoms with Crippen LogP contribution in [0.4, 0.5) is 0 Å². The van der Waals surface area contributed by atoms with E-state index in [1.807, 2.05) is 0 Å². The normalized spacial score (nSPS) is 12.0. The van der Waals surface area contributed by atoms with Gasteiger partial charge in [-0.15, -0.1) is 0 Å². The minimum atomic E-state index is -0.789. The molecule has 0 aromatic carbocycles. The van der Waals surface area contributed by atoms with Crippen LogP contribution in [0.25, 0.3) is 0 Å². The molecule has 0 aromatic heterocycles. The van der Waals surface area contributed by atoms with Gasteiger partial charge in [-0.2, -0.15) is 0 Å². The van der Waals surface area contributed by atoms with Gasteiger partial charge in [-0.25, -0.2) is 0 Å². The van der Waals surface area contributed by atoms with Gasteiger partial charge in [0, 0.05) is 16.6 Å². The fourth-order valence-electron chi connectivity index (χ4n) is 2.47. The van der Waals surface area contributed by atoms with Crippen LogP contribution in [-0.4, -0.2) is 16.6 Å². The lowest BCUT2D eigenvalue weighted by Crippen LogP contribution is -2.41. The molecule has 0 heterocycles. The molecule has 0 aliphatic heterocycles. The highest BCUT2D eigenvalue weighted by Crippen LogP contribution is 2.26. The molecule has 0 bridgehead atoms. The average Bonchev–Trinajstić information content (AvgIpc) is 2.16. The fourth-order valence-corrected chi connectivity index (χ4v) is 13.6. The lowest BCUT2D eigenvalue weighted by Gasteiger charge is -2.30. The summed E-state index contributed by atoms with van der Waals surface area (Å²) < 4.78 is 0. The van der Waals surface area contributed by atoms with Crippen molar-refractivity contribution in [3.8, 4) is 0 Å². The van der Waals surface area contributed by atoms with E-state index in [0.29, 0.717) is 0 Å². The van der Waals surface area contributed by atoms with Gasteiger partial charge in [-0.3, -0.25) is 0 Å². The smallest absolute Gasteiger partial charge is 0.0418 e. The Bertz CT molecular complexity index is 106. The first-order valence-corrected chi connectivity index (χ1v) is 11.3.